The summed E-state index contributed by atoms with van der Waals surface area (Å²) < 4.78 is 0. The van der Waals surface area contributed by atoms with E-state index in [9.17, 15) is 14.7 Å². The molecule has 6 heteroatoms. The summed E-state index contributed by atoms with van der Waals surface area (Å²) in [6.07, 6.45) is 0.608. The number of fused-ring (bicyclic) bond motifs is 1. The second-order valence-electron chi connectivity index (χ2n) is 5.19. The first kappa shape index (κ1) is 12.8. The quantitative estimate of drug-likeness (QED) is 0.835. The number of benzene rings is 1. The van der Waals surface area contributed by atoms with Gasteiger partial charge in [0.25, 0.3) is 11.5 Å². The van der Waals surface area contributed by atoms with Crippen molar-refractivity contribution in [3.05, 3.63) is 40.3 Å². The highest BCUT2D eigenvalue weighted by molar-refractivity contribution is 6.05. The molecule has 1 aromatic heterocycles. The summed E-state index contributed by atoms with van der Waals surface area (Å²) in [6.45, 7) is 2.49. The first-order valence-electron chi connectivity index (χ1n) is 6.53. The summed E-state index contributed by atoms with van der Waals surface area (Å²) in [5.41, 5.74) is -0.877. The number of carbonyl (C=O) groups excluding carboxylic acids is 1. The minimum Gasteiger partial charge on any atom is -0.386 e. The Hall–Kier alpha value is -2.21. The van der Waals surface area contributed by atoms with Crippen molar-refractivity contribution < 1.29 is 9.90 Å². The first-order valence-corrected chi connectivity index (χ1v) is 6.53. The molecule has 2 N–H and O–H groups in total. The normalized spacial score (nSPS) is 17.0. The van der Waals surface area contributed by atoms with Gasteiger partial charge in [-0.2, -0.15) is 5.10 Å². The lowest BCUT2D eigenvalue weighted by atomic mass is 9.91. The van der Waals surface area contributed by atoms with Gasteiger partial charge in [-0.15, -0.1) is 0 Å². The lowest BCUT2D eigenvalue weighted by Crippen LogP contribution is -2.63. The summed E-state index contributed by atoms with van der Waals surface area (Å²) in [7, 11) is 0. The van der Waals surface area contributed by atoms with Gasteiger partial charge in [0.05, 0.1) is 24.1 Å². The van der Waals surface area contributed by atoms with Crippen molar-refractivity contribution in [2.75, 3.05) is 13.1 Å². The van der Waals surface area contributed by atoms with Crippen molar-refractivity contribution in [1.29, 1.82) is 0 Å². The Bertz CT molecular complexity index is 732. The van der Waals surface area contributed by atoms with Crippen LogP contribution in [0.5, 0.6) is 0 Å². The number of hydrogen-bond donors (Lipinski definition) is 2. The van der Waals surface area contributed by atoms with Crippen LogP contribution in [0.15, 0.2) is 29.1 Å². The number of hydrogen-bond acceptors (Lipinski definition) is 4. The van der Waals surface area contributed by atoms with Gasteiger partial charge in [-0.1, -0.05) is 25.1 Å². The van der Waals surface area contributed by atoms with Gasteiger partial charge in [0.15, 0.2) is 5.69 Å². The van der Waals surface area contributed by atoms with Crippen LogP contribution in [-0.2, 0) is 0 Å². The van der Waals surface area contributed by atoms with E-state index in [1.165, 1.54) is 4.90 Å². The van der Waals surface area contributed by atoms with Crippen molar-refractivity contribution in [3.8, 4) is 0 Å². The maximum absolute atomic E-state index is 12.4. The highest BCUT2D eigenvalue weighted by Gasteiger charge is 2.42. The zero-order valence-electron chi connectivity index (χ0n) is 11.1. The molecule has 1 aliphatic heterocycles. The number of nitrogens with zero attached hydrogens (tertiary/aromatic N) is 2. The van der Waals surface area contributed by atoms with E-state index in [0.717, 1.165) is 0 Å². The summed E-state index contributed by atoms with van der Waals surface area (Å²) in [5.74, 6) is -0.268. The molecule has 1 amide bonds. The number of rotatable bonds is 2. The fourth-order valence-electron chi connectivity index (χ4n) is 2.46. The smallest absolute Gasteiger partial charge is 0.275 e. The lowest BCUT2D eigenvalue weighted by molar-refractivity contribution is -0.0827. The summed E-state index contributed by atoms with van der Waals surface area (Å²) in [4.78, 5) is 25.6. The molecule has 1 aliphatic rings. The molecule has 0 unspecified atom stereocenters. The van der Waals surface area contributed by atoms with Crippen LogP contribution >= 0.6 is 0 Å². The van der Waals surface area contributed by atoms with Crippen molar-refractivity contribution in [1.82, 2.24) is 15.1 Å². The van der Waals surface area contributed by atoms with Crippen LogP contribution in [0.2, 0.25) is 0 Å². The number of aromatic amines is 1. The lowest BCUT2D eigenvalue weighted by Gasteiger charge is -2.45. The number of aliphatic hydroxyl groups is 1. The number of H-pyrrole nitrogens is 1. The fourth-order valence-corrected chi connectivity index (χ4v) is 2.46. The highest BCUT2D eigenvalue weighted by atomic mass is 16.3. The number of likely N-dealkylation sites (tertiary alicyclic amines) is 1. The van der Waals surface area contributed by atoms with Gasteiger partial charge in [-0.05, 0) is 12.5 Å². The average molecular weight is 273 g/mol. The zero-order valence-corrected chi connectivity index (χ0v) is 11.1. The molecule has 1 aromatic carbocycles. The predicted molar refractivity (Wildman–Crippen MR) is 73.5 cm³/mol. The van der Waals surface area contributed by atoms with Gasteiger partial charge >= 0.3 is 0 Å². The Morgan fingerprint density at radius 2 is 2.05 bits per heavy atom. The fraction of sp³-hybridized carbons (Fsp3) is 0.357. The average Bonchev–Trinajstić information content (AvgIpc) is 2.44. The van der Waals surface area contributed by atoms with Crippen molar-refractivity contribution in [2.24, 2.45) is 0 Å². The Balaban J connectivity index is 1.98. The van der Waals surface area contributed by atoms with E-state index in [1.807, 2.05) is 6.92 Å². The highest BCUT2D eigenvalue weighted by Crippen LogP contribution is 2.26. The van der Waals surface area contributed by atoms with E-state index in [2.05, 4.69) is 10.2 Å². The van der Waals surface area contributed by atoms with Crippen LogP contribution in [0, 0.1) is 0 Å². The molecule has 0 radical (unpaired) electrons. The van der Waals surface area contributed by atoms with Crippen LogP contribution in [-0.4, -0.2) is 44.8 Å². The molecule has 20 heavy (non-hydrogen) atoms. The van der Waals surface area contributed by atoms with Gasteiger partial charge in [0.2, 0.25) is 0 Å². The predicted octanol–water partition coefficient (Wildman–Crippen LogP) is 0.520. The molecule has 3 rings (SSSR count). The third-order valence-electron chi connectivity index (χ3n) is 3.81. The molecule has 0 bridgehead atoms. The minimum atomic E-state index is -0.784. The van der Waals surface area contributed by atoms with Crippen molar-refractivity contribution >= 4 is 16.7 Å². The molecule has 0 aliphatic carbocycles. The largest absolute Gasteiger partial charge is 0.386 e. The van der Waals surface area contributed by atoms with Crippen molar-refractivity contribution in [2.45, 2.75) is 18.9 Å². The second-order valence-corrected chi connectivity index (χ2v) is 5.19. The molecule has 2 heterocycles. The van der Waals surface area contributed by atoms with Crippen LogP contribution in [0.3, 0.4) is 0 Å². The molecule has 1 saturated heterocycles. The standard InChI is InChI=1S/C14H15N3O3/c1-2-14(20)7-17(8-14)13(19)11-9-5-3-4-6-10(9)12(18)16-15-11/h3-6,20H,2,7-8H2,1H3,(H,16,18). The molecule has 0 saturated carbocycles. The van der Waals surface area contributed by atoms with Crippen LogP contribution in [0.25, 0.3) is 10.8 Å². The third kappa shape index (κ3) is 1.89. The van der Waals surface area contributed by atoms with Gasteiger partial charge < -0.3 is 10.0 Å². The van der Waals surface area contributed by atoms with Crippen molar-refractivity contribution in [3.63, 3.8) is 0 Å². The molecule has 6 nitrogen and oxygen atoms in total. The van der Waals surface area contributed by atoms with E-state index in [0.29, 0.717) is 30.3 Å². The molecule has 2 aromatic rings. The number of carbonyl (C=O) groups is 1. The third-order valence-corrected chi connectivity index (χ3v) is 3.81. The van der Waals surface area contributed by atoms with E-state index < -0.39 is 5.60 Å². The van der Waals surface area contributed by atoms with E-state index >= 15 is 0 Å². The van der Waals surface area contributed by atoms with Gasteiger partial charge in [0.1, 0.15) is 0 Å². The molecule has 0 atom stereocenters. The van der Waals surface area contributed by atoms with Crippen LogP contribution in [0.1, 0.15) is 23.8 Å². The first-order chi connectivity index (χ1) is 9.54. The maximum atomic E-state index is 12.4. The van der Waals surface area contributed by atoms with Gasteiger partial charge in [-0.25, -0.2) is 5.10 Å². The summed E-state index contributed by atoms with van der Waals surface area (Å²) >= 11 is 0. The summed E-state index contributed by atoms with van der Waals surface area (Å²) in [6, 6.07) is 6.87. The Kier molecular flexibility index (Phi) is 2.83. The van der Waals surface area contributed by atoms with E-state index in [-0.39, 0.29) is 17.2 Å². The monoisotopic (exact) mass is 273 g/mol. The Morgan fingerprint density at radius 1 is 1.40 bits per heavy atom. The number of amides is 1. The maximum Gasteiger partial charge on any atom is 0.275 e. The Labute approximate surface area is 115 Å². The summed E-state index contributed by atoms with van der Waals surface area (Å²) in [5, 5.41) is 17.2. The molecular formula is C14H15N3O3. The van der Waals surface area contributed by atoms with Crippen LogP contribution < -0.4 is 5.56 Å². The zero-order chi connectivity index (χ0) is 14.3. The van der Waals surface area contributed by atoms with E-state index in [4.69, 9.17) is 0 Å². The van der Waals surface area contributed by atoms with Gasteiger partial charge in [0, 0.05) is 5.39 Å². The Morgan fingerprint density at radius 3 is 2.70 bits per heavy atom. The second kappa shape index (κ2) is 4.42. The minimum absolute atomic E-state index is 0.221. The topological polar surface area (TPSA) is 86.3 Å². The van der Waals surface area contributed by atoms with Gasteiger partial charge in [-0.3, -0.25) is 9.59 Å². The molecular weight excluding hydrogens is 258 g/mol. The van der Waals surface area contributed by atoms with Crippen LogP contribution in [0.4, 0.5) is 0 Å². The number of β-amino-alcohol motifs (C(OH)–C–C–N with tert-alkyl or cyclic N) is 1. The molecule has 104 valence electrons. The molecule has 0 spiro atoms. The number of nitrogens with one attached hydrogen (secondary N) is 1. The molecule has 1 fully saturated rings. The SMILES string of the molecule is CCC1(O)CN(C(=O)c2n[nH]c(=O)c3ccccc23)C1. The van der Waals surface area contributed by atoms with E-state index in [1.54, 1.807) is 24.3 Å². The number of aromatic nitrogens is 2.